The number of methoxy groups -OCH3 is 1. The molecule has 1 atom stereocenters. The van der Waals surface area contributed by atoms with Gasteiger partial charge in [-0.3, -0.25) is 4.79 Å². The van der Waals surface area contributed by atoms with E-state index in [9.17, 15) is 4.79 Å². The lowest BCUT2D eigenvalue weighted by atomic mass is 10.2. The molecule has 0 N–H and O–H groups in total. The molecule has 1 amide bonds. The summed E-state index contributed by atoms with van der Waals surface area (Å²) < 4.78 is 5.02. The van der Waals surface area contributed by atoms with E-state index in [1.165, 1.54) is 0 Å². The van der Waals surface area contributed by atoms with Crippen molar-refractivity contribution in [2.45, 2.75) is 13.0 Å². The van der Waals surface area contributed by atoms with Crippen molar-refractivity contribution in [2.24, 2.45) is 0 Å². The van der Waals surface area contributed by atoms with Gasteiger partial charge in [-0.05, 0) is 19.1 Å². The van der Waals surface area contributed by atoms with Crippen LogP contribution in [-0.2, 0) is 4.74 Å². The van der Waals surface area contributed by atoms with Crippen LogP contribution in [-0.4, -0.2) is 37.6 Å². The molecular formula is C12H17NO2. The zero-order valence-corrected chi connectivity index (χ0v) is 9.43. The van der Waals surface area contributed by atoms with Crippen molar-refractivity contribution in [3.8, 4) is 0 Å². The molecule has 15 heavy (non-hydrogen) atoms. The minimum absolute atomic E-state index is 0.0279. The Bertz CT molecular complexity index is 311. The number of benzene rings is 1. The van der Waals surface area contributed by atoms with Crippen LogP contribution in [0.15, 0.2) is 30.3 Å². The van der Waals surface area contributed by atoms with Crippen LogP contribution < -0.4 is 0 Å². The molecule has 3 heteroatoms. The minimum atomic E-state index is 0.0279. The fraction of sp³-hybridized carbons (Fsp3) is 0.417. The number of rotatable bonds is 4. The van der Waals surface area contributed by atoms with Gasteiger partial charge in [-0.25, -0.2) is 0 Å². The summed E-state index contributed by atoms with van der Waals surface area (Å²) in [6.07, 6.45) is 0. The molecule has 0 heterocycles. The third-order valence-electron chi connectivity index (χ3n) is 2.41. The first-order valence-electron chi connectivity index (χ1n) is 4.98. The maximum Gasteiger partial charge on any atom is 0.253 e. The van der Waals surface area contributed by atoms with Crippen LogP contribution in [0.4, 0.5) is 0 Å². The van der Waals surface area contributed by atoms with Crippen molar-refractivity contribution < 1.29 is 9.53 Å². The van der Waals surface area contributed by atoms with E-state index in [0.29, 0.717) is 12.2 Å². The van der Waals surface area contributed by atoms with Crippen molar-refractivity contribution >= 4 is 5.91 Å². The van der Waals surface area contributed by atoms with Crippen LogP contribution in [0, 0.1) is 0 Å². The Morgan fingerprint density at radius 1 is 1.40 bits per heavy atom. The average molecular weight is 207 g/mol. The standard InChI is InChI=1S/C12H17NO2/c1-10(9-15-3)13(2)12(14)11-7-5-4-6-8-11/h4-8,10H,9H2,1-3H3. The smallest absolute Gasteiger partial charge is 0.253 e. The van der Waals surface area contributed by atoms with Gasteiger partial charge in [0.05, 0.1) is 12.6 Å². The summed E-state index contributed by atoms with van der Waals surface area (Å²) in [5, 5.41) is 0. The second-order valence-electron chi connectivity index (χ2n) is 3.59. The molecule has 0 radical (unpaired) electrons. The minimum Gasteiger partial charge on any atom is -0.383 e. The number of carbonyl (C=O) groups is 1. The molecule has 0 aliphatic rings. The Balaban J connectivity index is 2.69. The quantitative estimate of drug-likeness (QED) is 0.753. The van der Waals surface area contributed by atoms with E-state index >= 15 is 0 Å². The lowest BCUT2D eigenvalue weighted by molar-refractivity contribution is 0.0633. The Hall–Kier alpha value is -1.35. The van der Waals surface area contributed by atoms with Crippen LogP contribution in [0.3, 0.4) is 0 Å². The first kappa shape index (κ1) is 11.7. The van der Waals surface area contributed by atoms with Gasteiger partial charge in [0, 0.05) is 19.7 Å². The number of amides is 1. The van der Waals surface area contributed by atoms with Crippen molar-refractivity contribution in [3.63, 3.8) is 0 Å². The van der Waals surface area contributed by atoms with Crippen LogP contribution >= 0.6 is 0 Å². The summed E-state index contributed by atoms with van der Waals surface area (Å²) in [6, 6.07) is 9.35. The predicted octanol–water partition coefficient (Wildman–Crippen LogP) is 1.79. The molecule has 0 saturated heterocycles. The van der Waals surface area contributed by atoms with Gasteiger partial charge in [-0.15, -0.1) is 0 Å². The highest BCUT2D eigenvalue weighted by Crippen LogP contribution is 2.06. The summed E-state index contributed by atoms with van der Waals surface area (Å²) in [7, 11) is 3.43. The normalized spacial score (nSPS) is 12.2. The Kier molecular flexibility index (Phi) is 4.31. The van der Waals surface area contributed by atoms with Crippen molar-refractivity contribution in [2.75, 3.05) is 20.8 Å². The topological polar surface area (TPSA) is 29.5 Å². The lowest BCUT2D eigenvalue weighted by Crippen LogP contribution is -2.37. The number of hydrogen-bond donors (Lipinski definition) is 0. The molecule has 0 fully saturated rings. The van der Waals surface area contributed by atoms with Crippen LogP contribution in [0.25, 0.3) is 0 Å². The fourth-order valence-corrected chi connectivity index (χ4v) is 1.34. The Morgan fingerprint density at radius 2 is 2.00 bits per heavy atom. The van der Waals surface area contributed by atoms with Gasteiger partial charge in [0.2, 0.25) is 0 Å². The van der Waals surface area contributed by atoms with E-state index in [2.05, 4.69) is 0 Å². The molecule has 0 aliphatic heterocycles. The van der Waals surface area contributed by atoms with Gasteiger partial charge < -0.3 is 9.64 Å². The lowest BCUT2D eigenvalue weighted by Gasteiger charge is -2.24. The van der Waals surface area contributed by atoms with Crippen molar-refractivity contribution in [1.82, 2.24) is 4.90 Å². The number of nitrogens with zero attached hydrogens (tertiary/aromatic N) is 1. The molecule has 1 aromatic rings. The number of ether oxygens (including phenoxy) is 1. The zero-order chi connectivity index (χ0) is 11.3. The van der Waals surface area contributed by atoms with Crippen LogP contribution in [0.2, 0.25) is 0 Å². The monoisotopic (exact) mass is 207 g/mol. The van der Waals surface area contributed by atoms with Gasteiger partial charge in [0.25, 0.3) is 5.91 Å². The SMILES string of the molecule is COCC(C)N(C)C(=O)c1ccccc1. The second-order valence-corrected chi connectivity index (χ2v) is 3.59. The molecule has 1 aromatic carbocycles. The summed E-state index contributed by atoms with van der Waals surface area (Å²) in [4.78, 5) is 13.6. The van der Waals surface area contributed by atoms with Gasteiger partial charge in [-0.1, -0.05) is 18.2 Å². The van der Waals surface area contributed by atoms with Gasteiger partial charge >= 0.3 is 0 Å². The summed E-state index contributed by atoms with van der Waals surface area (Å²) in [6.45, 7) is 2.51. The van der Waals surface area contributed by atoms with Crippen molar-refractivity contribution in [3.05, 3.63) is 35.9 Å². The third kappa shape index (κ3) is 3.06. The highest BCUT2D eigenvalue weighted by atomic mass is 16.5. The maximum absolute atomic E-state index is 11.9. The zero-order valence-electron chi connectivity index (χ0n) is 9.43. The molecular weight excluding hydrogens is 190 g/mol. The molecule has 0 spiro atoms. The van der Waals surface area contributed by atoms with E-state index in [4.69, 9.17) is 4.74 Å². The predicted molar refractivity (Wildman–Crippen MR) is 59.9 cm³/mol. The molecule has 0 saturated carbocycles. The summed E-state index contributed by atoms with van der Waals surface area (Å²) >= 11 is 0. The number of carbonyl (C=O) groups excluding carboxylic acids is 1. The van der Waals surface area contributed by atoms with E-state index in [1.807, 2.05) is 37.3 Å². The van der Waals surface area contributed by atoms with Gasteiger partial charge in [-0.2, -0.15) is 0 Å². The van der Waals surface area contributed by atoms with Crippen LogP contribution in [0.5, 0.6) is 0 Å². The molecule has 1 unspecified atom stereocenters. The summed E-state index contributed by atoms with van der Waals surface area (Å²) in [5.41, 5.74) is 0.711. The highest BCUT2D eigenvalue weighted by Gasteiger charge is 2.16. The van der Waals surface area contributed by atoms with Gasteiger partial charge in [0.15, 0.2) is 0 Å². The highest BCUT2D eigenvalue weighted by molar-refractivity contribution is 5.94. The third-order valence-corrected chi connectivity index (χ3v) is 2.41. The molecule has 0 aromatic heterocycles. The first-order valence-corrected chi connectivity index (χ1v) is 4.98. The van der Waals surface area contributed by atoms with E-state index < -0.39 is 0 Å². The second kappa shape index (κ2) is 5.51. The van der Waals surface area contributed by atoms with E-state index in [0.717, 1.165) is 0 Å². The molecule has 0 aliphatic carbocycles. The van der Waals surface area contributed by atoms with Crippen LogP contribution in [0.1, 0.15) is 17.3 Å². The van der Waals surface area contributed by atoms with Gasteiger partial charge in [0.1, 0.15) is 0 Å². The molecule has 0 bridgehead atoms. The molecule has 3 nitrogen and oxygen atoms in total. The first-order chi connectivity index (χ1) is 7.16. The number of likely N-dealkylation sites (N-methyl/N-ethyl adjacent to an activating group) is 1. The number of hydrogen-bond acceptors (Lipinski definition) is 2. The average Bonchev–Trinajstić information content (AvgIpc) is 2.28. The fourth-order valence-electron chi connectivity index (χ4n) is 1.34. The largest absolute Gasteiger partial charge is 0.383 e. The van der Waals surface area contributed by atoms with E-state index in [-0.39, 0.29) is 11.9 Å². The maximum atomic E-state index is 11.9. The van der Waals surface area contributed by atoms with E-state index in [1.54, 1.807) is 19.1 Å². The summed E-state index contributed by atoms with van der Waals surface area (Å²) in [5.74, 6) is 0.0279. The molecule has 1 rings (SSSR count). The Labute approximate surface area is 90.7 Å². The van der Waals surface area contributed by atoms with Crippen molar-refractivity contribution in [1.29, 1.82) is 0 Å². The molecule has 82 valence electrons. The Morgan fingerprint density at radius 3 is 2.53 bits per heavy atom.